The maximum Gasteiger partial charge on any atom is 0.257 e. The number of para-hydroxylation sites is 1. The number of H-pyrrole nitrogens is 1. The van der Waals surface area contributed by atoms with Gasteiger partial charge in [0.25, 0.3) is 5.91 Å². The van der Waals surface area contributed by atoms with E-state index in [-0.39, 0.29) is 22.6 Å². The van der Waals surface area contributed by atoms with Crippen LogP contribution in [0.3, 0.4) is 0 Å². The SMILES string of the molecule is CC1(C)CC(=O)c2c([nH]c(-c3ccnc(NC(=O)c4cc(F)cc(F)c4)c3)c2Nc2ccccc2)C1. The van der Waals surface area contributed by atoms with E-state index >= 15 is 0 Å². The lowest BCUT2D eigenvalue weighted by Crippen LogP contribution is -2.26. The zero-order chi connectivity index (χ0) is 25.4. The van der Waals surface area contributed by atoms with Crippen LogP contribution in [0.5, 0.6) is 0 Å². The minimum absolute atomic E-state index is 0.0536. The molecular weight excluding hydrogens is 462 g/mol. The number of nitrogens with zero attached hydrogens (tertiary/aromatic N) is 1. The second-order valence-electron chi connectivity index (χ2n) is 9.70. The molecule has 0 fully saturated rings. The third-order valence-corrected chi connectivity index (χ3v) is 6.11. The van der Waals surface area contributed by atoms with Crippen LogP contribution in [0.2, 0.25) is 0 Å². The Morgan fingerprint density at radius 1 is 1.00 bits per heavy atom. The van der Waals surface area contributed by atoms with Crippen molar-refractivity contribution in [1.29, 1.82) is 0 Å². The maximum atomic E-state index is 13.6. The lowest BCUT2D eigenvalue weighted by Gasteiger charge is -2.28. The number of fused-ring (bicyclic) bond motifs is 1. The zero-order valence-corrected chi connectivity index (χ0v) is 19.8. The number of amides is 1. The van der Waals surface area contributed by atoms with Crippen molar-refractivity contribution in [3.05, 3.63) is 95.3 Å². The molecule has 0 atom stereocenters. The number of aromatic nitrogens is 2. The highest BCUT2D eigenvalue weighted by molar-refractivity contribution is 6.08. The van der Waals surface area contributed by atoms with E-state index < -0.39 is 17.5 Å². The summed E-state index contributed by atoms with van der Waals surface area (Å²) in [6, 6.07) is 15.6. The molecule has 2 aromatic heterocycles. The first-order valence-corrected chi connectivity index (χ1v) is 11.5. The first-order chi connectivity index (χ1) is 17.2. The van der Waals surface area contributed by atoms with Gasteiger partial charge in [0.2, 0.25) is 0 Å². The smallest absolute Gasteiger partial charge is 0.257 e. The van der Waals surface area contributed by atoms with Gasteiger partial charge in [0.05, 0.1) is 16.9 Å². The Balaban J connectivity index is 1.54. The molecular formula is C28H24F2N4O2. The van der Waals surface area contributed by atoms with Crippen LogP contribution in [-0.4, -0.2) is 21.7 Å². The van der Waals surface area contributed by atoms with Crippen molar-refractivity contribution in [2.24, 2.45) is 5.41 Å². The molecule has 0 aliphatic heterocycles. The fraction of sp³-hybridized carbons (Fsp3) is 0.179. The van der Waals surface area contributed by atoms with Gasteiger partial charge in [0.1, 0.15) is 17.5 Å². The summed E-state index contributed by atoms with van der Waals surface area (Å²) in [7, 11) is 0. The van der Waals surface area contributed by atoms with Gasteiger partial charge in [0, 0.05) is 41.2 Å². The Morgan fingerprint density at radius 3 is 2.44 bits per heavy atom. The van der Waals surface area contributed by atoms with Crippen molar-refractivity contribution < 1.29 is 18.4 Å². The molecule has 0 saturated carbocycles. The third kappa shape index (κ3) is 4.75. The average molecular weight is 487 g/mol. The normalized spacial score (nSPS) is 14.3. The minimum Gasteiger partial charge on any atom is -0.356 e. The molecule has 0 saturated heterocycles. The first-order valence-electron chi connectivity index (χ1n) is 11.5. The van der Waals surface area contributed by atoms with Gasteiger partial charge in [-0.1, -0.05) is 32.0 Å². The van der Waals surface area contributed by atoms with Crippen LogP contribution in [0.4, 0.5) is 26.0 Å². The highest BCUT2D eigenvalue weighted by Gasteiger charge is 2.35. The number of carbonyl (C=O) groups excluding carboxylic acids is 2. The number of hydrogen-bond acceptors (Lipinski definition) is 4. The standard InChI is InChI=1S/C28H24F2N4O2/c1-28(2)14-21-24(22(35)15-28)26(32-20-6-4-3-5-7-20)25(33-21)16-8-9-31-23(12-16)34-27(36)17-10-18(29)13-19(30)11-17/h3-13,32-33H,14-15H2,1-2H3,(H,31,34,36). The van der Waals surface area contributed by atoms with Crippen molar-refractivity contribution >= 4 is 28.9 Å². The van der Waals surface area contributed by atoms with E-state index in [0.717, 1.165) is 23.5 Å². The summed E-state index contributed by atoms with van der Waals surface area (Å²) in [5.74, 6) is -2.13. The Bertz CT molecular complexity index is 1460. The quantitative estimate of drug-likeness (QED) is 0.300. The van der Waals surface area contributed by atoms with Gasteiger partial charge in [-0.25, -0.2) is 13.8 Å². The molecule has 1 amide bonds. The summed E-state index contributed by atoms with van der Waals surface area (Å²) >= 11 is 0. The summed E-state index contributed by atoms with van der Waals surface area (Å²) in [6.07, 6.45) is 2.66. The largest absolute Gasteiger partial charge is 0.356 e. The number of aromatic amines is 1. The van der Waals surface area contributed by atoms with Crippen LogP contribution in [0.25, 0.3) is 11.3 Å². The minimum atomic E-state index is -0.844. The summed E-state index contributed by atoms with van der Waals surface area (Å²) in [6.45, 7) is 4.13. The van der Waals surface area contributed by atoms with Crippen LogP contribution < -0.4 is 10.6 Å². The van der Waals surface area contributed by atoms with Crippen LogP contribution in [0.1, 0.15) is 46.7 Å². The van der Waals surface area contributed by atoms with E-state index in [4.69, 9.17) is 0 Å². The van der Waals surface area contributed by atoms with E-state index in [2.05, 4.69) is 34.4 Å². The lowest BCUT2D eigenvalue weighted by molar-refractivity contribution is 0.0912. The van der Waals surface area contributed by atoms with Crippen LogP contribution in [0.15, 0.2) is 66.9 Å². The number of hydrogen-bond donors (Lipinski definition) is 3. The predicted octanol–water partition coefficient (Wildman–Crippen LogP) is 6.51. The van der Waals surface area contributed by atoms with Gasteiger partial charge in [-0.15, -0.1) is 0 Å². The van der Waals surface area contributed by atoms with E-state index in [9.17, 15) is 18.4 Å². The van der Waals surface area contributed by atoms with Gasteiger partial charge in [-0.2, -0.15) is 0 Å². The summed E-state index contributed by atoms with van der Waals surface area (Å²) in [4.78, 5) is 33.4. The maximum absolute atomic E-state index is 13.6. The Kier molecular flexibility index (Phi) is 5.88. The number of benzene rings is 2. The Labute approximate surface area is 206 Å². The van der Waals surface area contributed by atoms with Crippen LogP contribution in [-0.2, 0) is 6.42 Å². The monoisotopic (exact) mass is 486 g/mol. The number of pyridine rings is 1. The molecule has 1 aliphatic carbocycles. The molecule has 0 unspecified atom stereocenters. The Hall–Kier alpha value is -4.33. The van der Waals surface area contributed by atoms with Gasteiger partial charge >= 0.3 is 0 Å². The summed E-state index contributed by atoms with van der Waals surface area (Å²) < 4.78 is 27.1. The number of rotatable bonds is 5. The molecule has 8 heteroatoms. The molecule has 0 spiro atoms. The van der Waals surface area contributed by atoms with E-state index in [1.54, 1.807) is 12.1 Å². The fourth-order valence-electron chi connectivity index (χ4n) is 4.59. The van der Waals surface area contributed by atoms with E-state index in [1.807, 2.05) is 30.3 Å². The molecule has 36 heavy (non-hydrogen) atoms. The molecule has 4 aromatic rings. The number of halogens is 2. The lowest BCUT2D eigenvalue weighted by atomic mass is 9.76. The fourth-order valence-corrected chi connectivity index (χ4v) is 4.59. The average Bonchev–Trinajstić information content (AvgIpc) is 3.16. The third-order valence-electron chi connectivity index (χ3n) is 6.11. The molecule has 2 aromatic carbocycles. The van der Waals surface area contributed by atoms with Gasteiger partial charge in [-0.05, 0) is 48.2 Å². The number of anilines is 3. The number of carbonyl (C=O) groups is 2. The molecule has 0 radical (unpaired) electrons. The van der Waals surface area contributed by atoms with Crippen LogP contribution in [0, 0.1) is 17.0 Å². The topological polar surface area (TPSA) is 86.9 Å². The van der Waals surface area contributed by atoms with Gasteiger partial charge < -0.3 is 15.6 Å². The molecule has 6 nitrogen and oxygen atoms in total. The Morgan fingerprint density at radius 2 is 1.72 bits per heavy atom. The van der Waals surface area contributed by atoms with Crippen molar-refractivity contribution in [3.8, 4) is 11.3 Å². The number of nitrogens with one attached hydrogen (secondary N) is 3. The number of Topliss-reactive ketones (excluding diaryl/α,β-unsaturated/α-hetero) is 1. The van der Waals surface area contributed by atoms with Crippen molar-refractivity contribution in [2.45, 2.75) is 26.7 Å². The molecule has 5 rings (SSSR count). The van der Waals surface area contributed by atoms with Crippen molar-refractivity contribution in [3.63, 3.8) is 0 Å². The first kappa shape index (κ1) is 23.4. The van der Waals surface area contributed by atoms with E-state index in [0.29, 0.717) is 41.4 Å². The molecule has 1 aliphatic rings. The second kappa shape index (κ2) is 9.03. The summed E-state index contributed by atoms with van der Waals surface area (Å²) in [5.41, 5.74) is 4.01. The van der Waals surface area contributed by atoms with Crippen molar-refractivity contribution in [2.75, 3.05) is 10.6 Å². The summed E-state index contributed by atoms with van der Waals surface area (Å²) in [5, 5.41) is 5.98. The molecule has 182 valence electrons. The second-order valence-corrected chi connectivity index (χ2v) is 9.70. The highest BCUT2D eigenvalue weighted by Crippen LogP contribution is 2.43. The van der Waals surface area contributed by atoms with Gasteiger partial charge in [-0.3, -0.25) is 9.59 Å². The van der Waals surface area contributed by atoms with Crippen LogP contribution >= 0.6 is 0 Å². The molecule has 2 heterocycles. The molecule has 0 bridgehead atoms. The highest BCUT2D eigenvalue weighted by atomic mass is 19.1. The predicted molar refractivity (Wildman–Crippen MR) is 134 cm³/mol. The molecule has 3 N–H and O–H groups in total. The zero-order valence-electron chi connectivity index (χ0n) is 19.8. The number of ketones is 1. The van der Waals surface area contributed by atoms with E-state index in [1.165, 1.54) is 6.20 Å². The van der Waals surface area contributed by atoms with Crippen molar-refractivity contribution in [1.82, 2.24) is 9.97 Å². The van der Waals surface area contributed by atoms with Gasteiger partial charge in [0.15, 0.2) is 5.78 Å².